The normalized spacial score (nSPS) is 14.8. The highest BCUT2D eigenvalue weighted by Crippen LogP contribution is 2.29. The van der Waals surface area contributed by atoms with E-state index >= 15 is 0 Å². The van der Waals surface area contributed by atoms with Crippen molar-refractivity contribution in [2.75, 3.05) is 37.6 Å². The van der Waals surface area contributed by atoms with Crippen molar-refractivity contribution in [2.24, 2.45) is 0 Å². The quantitative estimate of drug-likeness (QED) is 0.438. The van der Waals surface area contributed by atoms with Crippen LogP contribution in [0, 0.1) is 5.82 Å². The third kappa shape index (κ3) is 4.44. The SMILES string of the molecule is Fc1ccc(-c2cccc3ccc(N4CCN(CCc5ccccc5)CC4)nc23)cc1. The highest BCUT2D eigenvalue weighted by atomic mass is 19.1. The van der Waals surface area contributed by atoms with Crippen molar-refractivity contribution in [1.82, 2.24) is 9.88 Å². The highest BCUT2D eigenvalue weighted by molar-refractivity contribution is 5.94. The largest absolute Gasteiger partial charge is 0.354 e. The molecule has 1 aliphatic rings. The van der Waals surface area contributed by atoms with E-state index in [9.17, 15) is 4.39 Å². The lowest BCUT2D eigenvalue weighted by molar-refractivity contribution is 0.260. The van der Waals surface area contributed by atoms with Gasteiger partial charge in [0.05, 0.1) is 5.52 Å². The van der Waals surface area contributed by atoms with Crippen LogP contribution in [0.4, 0.5) is 10.2 Å². The maximum atomic E-state index is 13.4. The van der Waals surface area contributed by atoms with E-state index in [0.717, 1.165) is 67.0 Å². The molecule has 3 nitrogen and oxygen atoms in total. The van der Waals surface area contributed by atoms with E-state index < -0.39 is 0 Å². The molecule has 0 saturated carbocycles. The number of nitrogens with zero attached hydrogens (tertiary/aromatic N) is 3. The first-order valence-corrected chi connectivity index (χ1v) is 10.9. The molecule has 0 unspecified atom stereocenters. The molecule has 0 spiro atoms. The Bertz CT molecular complexity index is 1150. The summed E-state index contributed by atoms with van der Waals surface area (Å²) in [5, 5.41) is 1.10. The number of hydrogen-bond acceptors (Lipinski definition) is 3. The molecule has 3 aromatic carbocycles. The monoisotopic (exact) mass is 411 g/mol. The fourth-order valence-electron chi connectivity index (χ4n) is 4.31. The van der Waals surface area contributed by atoms with Crippen molar-refractivity contribution in [3.8, 4) is 11.1 Å². The van der Waals surface area contributed by atoms with Crippen molar-refractivity contribution < 1.29 is 4.39 Å². The Morgan fingerprint density at radius 3 is 2.29 bits per heavy atom. The van der Waals surface area contributed by atoms with E-state index in [4.69, 9.17) is 4.98 Å². The first-order valence-electron chi connectivity index (χ1n) is 10.9. The molecule has 4 heteroatoms. The number of para-hydroxylation sites is 1. The number of benzene rings is 3. The Morgan fingerprint density at radius 1 is 0.742 bits per heavy atom. The van der Waals surface area contributed by atoms with Crippen LogP contribution in [-0.2, 0) is 6.42 Å². The molecule has 1 aliphatic heterocycles. The summed E-state index contributed by atoms with van der Waals surface area (Å²) >= 11 is 0. The molecule has 5 rings (SSSR count). The summed E-state index contributed by atoms with van der Waals surface area (Å²) in [6.45, 7) is 5.15. The summed E-state index contributed by atoms with van der Waals surface area (Å²) in [7, 11) is 0. The van der Waals surface area contributed by atoms with Gasteiger partial charge in [0.1, 0.15) is 11.6 Å². The number of fused-ring (bicyclic) bond motifs is 1. The summed E-state index contributed by atoms with van der Waals surface area (Å²) in [6, 6.07) is 27.8. The zero-order chi connectivity index (χ0) is 21.0. The number of anilines is 1. The van der Waals surface area contributed by atoms with Crippen LogP contribution in [-0.4, -0.2) is 42.6 Å². The van der Waals surface area contributed by atoms with Crippen LogP contribution < -0.4 is 4.90 Å². The van der Waals surface area contributed by atoms with Gasteiger partial charge in [-0.05, 0) is 41.8 Å². The number of halogens is 1. The number of pyridine rings is 1. The van der Waals surface area contributed by atoms with Crippen LogP contribution in [0.2, 0.25) is 0 Å². The van der Waals surface area contributed by atoms with Crippen molar-refractivity contribution in [3.63, 3.8) is 0 Å². The Hall–Kier alpha value is -3.24. The van der Waals surface area contributed by atoms with Gasteiger partial charge in [-0.2, -0.15) is 0 Å². The molecule has 4 aromatic rings. The Morgan fingerprint density at radius 2 is 1.52 bits per heavy atom. The summed E-state index contributed by atoms with van der Waals surface area (Å²) in [4.78, 5) is 9.94. The summed E-state index contributed by atoms with van der Waals surface area (Å²) in [5.41, 5.74) is 4.40. The van der Waals surface area contributed by atoms with E-state index in [1.165, 1.54) is 17.7 Å². The van der Waals surface area contributed by atoms with E-state index in [2.05, 4.69) is 64.4 Å². The van der Waals surface area contributed by atoms with E-state index in [0.29, 0.717) is 0 Å². The molecule has 2 heterocycles. The van der Waals surface area contributed by atoms with Gasteiger partial charge in [0.2, 0.25) is 0 Å². The van der Waals surface area contributed by atoms with Gasteiger partial charge >= 0.3 is 0 Å². The first-order chi connectivity index (χ1) is 15.3. The van der Waals surface area contributed by atoms with Gasteiger partial charge in [0.25, 0.3) is 0 Å². The maximum absolute atomic E-state index is 13.4. The fraction of sp³-hybridized carbons (Fsp3) is 0.222. The zero-order valence-electron chi connectivity index (χ0n) is 17.5. The molecule has 1 saturated heterocycles. The summed E-state index contributed by atoms with van der Waals surface area (Å²) < 4.78 is 13.4. The third-order valence-corrected chi connectivity index (χ3v) is 6.12. The summed E-state index contributed by atoms with van der Waals surface area (Å²) in [6.07, 6.45) is 1.09. The minimum atomic E-state index is -0.220. The van der Waals surface area contributed by atoms with E-state index in [1.807, 2.05) is 18.2 Å². The molecule has 0 bridgehead atoms. The van der Waals surface area contributed by atoms with Crippen molar-refractivity contribution >= 4 is 16.7 Å². The molecule has 1 aromatic heterocycles. The van der Waals surface area contributed by atoms with Crippen molar-refractivity contribution in [3.05, 3.63) is 96.3 Å². The standard InChI is InChI=1S/C27H26FN3/c28-24-12-9-22(10-13-24)25-8-4-7-23-11-14-26(29-27(23)25)31-19-17-30(18-20-31)16-15-21-5-2-1-3-6-21/h1-14H,15-20H2. The van der Waals surface area contributed by atoms with E-state index in [1.54, 1.807) is 0 Å². The molecule has 0 aliphatic carbocycles. The van der Waals surface area contributed by atoms with Gasteiger partial charge < -0.3 is 4.90 Å². The third-order valence-electron chi connectivity index (χ3n) is 6.12. The van der Waals surface area contributed by atoms with Gasteiger partial charge in [0.15, 0.2) is 0 Å². The minimum absolute atomic E-state index is 0.220. The van der Waals surface area contributed by atoms with Gasteiger partial charge in [-0.3, -0.25) is 4.90 Å². The number of hydrogen-bond donors (Lipinski definition) is 0. The van der Waals surface area contributed by atoms with Crippen LogP contribution in [0.3, 0.4) is 0 Å². The lowest BCUT2D eigenvalue weighted by atomic mass is 10.0. The number of rotatable bonds is 5. The molecule has 156 valence electrons. The van der Waals surface area contributed by atoms with Gasteiger partial charge in [0, 0.05) is 43.7 Å². The second-order valence-corrected chi connectivity index (χ2v) is 8.12. The maximum Gasteiger partial charge on any atom is 0.129 e. The topological polar surface area (TPSA) is 19.4 Å². The Kier molecular flexibility index (Phi) is 5.63. The average molecular weight is 412 g/mol. The van der Waals surface area contributed by atoms with Gasteiger partial charge in [-0.25, -0.2) is 9.37 Å². The summed E-state index contributed by atoms with van der Waals surface area (Å²) in [5.74, 6) is 0.799. The predicted molar refractivity (Wildman–Crippen MR) is 126 cm³/mol. The van der Waals surface area contributed by atoms with E-state index in [-0.39, 0.29) is 5.82 Å². The van der Waals surface area contributed by atoms with Crippen molar-refractivity contribution in [1.29, 1.82) is 0 Å². The highest BCUT2D eigenvalue weighted by Gasteiger charge is 2.18. The van der Waals surface area contributed by atoms with Gasteiger partial charge in [-0.15, -0.1) is 0 Å². The van der Waals surface area contributed by atoms with Crippen LogP contribution in [0.1, 0.15) is 5.56 Å². The molecule has 0 N–H and O–H groups in total. The number of piperazine rings is 1. The minimum Gasteiger partial charge on any atom is -0.354 e. The number of aromatic nitrogens is 1. The fourth-order valence-corrected chi connectivity index (χ4v) is 4.31. The molecule has 0 radical (unpaired) electrons. The lowest BCUT2D eigenvalue weighted by Crippen LogP contribution is -2.47. The molecule has 0 atom stereocenters. The smallest absolute Gasteiger partial charge is 0.129 e. The van der Waals surface area contributed by atoms with Crippen LogP contribution >= 0.6 is 0 Å². The van der Waals surface area contributed by atoms with Crippen LogP contribution in [0.15, 0.2) is 84.9 Å². The zero-order valence-corrected chi connectivity index (χ0v) is 17.5. The second-order valence-electron chi connectivity index (χ2n) is 8.12. The Labute approximate surface area is 182 Å². The molecule has 0 amide bonds. The molecular formula is C27H26FN3. The Balaban J connectivity index is 1.31. The molecule has 31 heavy (non-hydrogen) atoms. The first kappa shape index (κ1) is 19.7. The van der Waals surface area contributed by atoms with Gasteiger partial charge in [-0.1, -0.05) is 60.7 Å². The molecule has 1 fully saturated rings. The molecular weight excluding hydrogens is 385 g/mol. The second kappa shape index (κ2) is 8.86. The van der Waals surface area contributed by atoms with Crippen molar-refractivity contribution in [2.45, 2.75) is 6.42 Å². The van der Waals surface area contributed by atoms with Crippen LogP contribution in [0.25, 0.3) is 22.0 Å². The average Bonchev–Trinajstić information content (AvgIpc) is 2.84. The predicted octanol–water partition coefficient (Wildman–Crippen LogP) is 5.41. The lowest BCUT2D eigenvalue weighted by Gasteiger charge is -2.35. The van der Waals surface area contributed by atoms with Crippen LogP contribution in [0.5, 0.6) is 0 Å².